The number of phenols is 1. The fourth-order valence-electron chi connectivity index (χ4n) is 3.40. The van der Waals surface area contributed by atoms with Gasteiger partial charge in [-0.15, -0.1) is 0 Å². The number of para-hydroxylation sites is 1. The maximum absolute atomic E-state index is 12.6. The molecule has 4 rings (SSSR count). The van der Waals surface area contributed by atoms with E-state index < -0.39 is 0 Å². The number of hydrogen-bond acceptors (Lipinski definition) is 3. The molecule has 2 amide bonds. The lowest BCUT2D eigenvalue weighted by Gasteiger charge is -2.32. The van der Waals surface area contributed by atoms with Crippen LogP contribution in [0.25, 0.3) is 0 Å². The minimum Gasteiger partial charge on any atom is -0.508 e. The zero-order valence-corrected chi connectivity index (χ0v) is 13.4. The maximum atomic E-state index is 12.6. The van der Waals surface area contributed by atoms with Gasteiger partial charge in [0.15, 0.2) is 0 Å². The molecule has 5 nitrogen and oxygen atoms in total. The van der Waals surface area contributed by atoms with E-state index in [2.05, 4.69) is 5.32 Å². The molecule has 0 bridgehead atoms. The quantitative estimate of drug-likeness (QED) is 0.847. The lowest BCUT2D eigenvalue weighted by Crippen LogP contribution is -2.50. The number of nitrogens with one attached hydrogen (secondary N) is 1. The molecule has 0 aliphatic carbocycles. The van der Waals surface area contributed by atoms with Crippen molar-refractivity contribution in [2.45, 2.75) is 25.4 Å². The molecule has 0 spiro atoms. The smallest absolute Gasteiger partial charge is 0.318 e. The van der Waals surface area contributed by atoms with E-state index in [4.69, 9.17) is 4.74 Å². The SMILES string of the molecule is O=C(NC1COc2ccccc2C1)N1CCc2ccc(O)cc2C1. The first-order chi connectivity index (χ1) is 11.7. The largest absolute Gasteiger partial charge is 0.508 e. The van der Waals surface area contributed by atoms with Gasteiger partial charge in [-0.1, -0.05) is 24.3 Å². The lowest BCUT2D eigenvalue weighted by atomic mass is 9.99. The van der Waals surface area contributed by atoms with Gasteiger partial charge in [0.25, 0.3) is 0 Å². The Bertz CT molecular complexity index is 775. The summed E-state index contributed by atoms with van der Waals surface area (Å²) in [6.07, 6.45) is 1.60. The van der Waals surface area contributed by atoms with Crippen LogP contribution in [0.4, 0.5) is 4.79 Å². The van der Waals surface area contributed by atoms with Crippen LogP contribution in [0.2, 0.25) is 0 Å². The minimum atomic E-state index is -0.0722. The fraction of sp³-hybridized carbons (Fsp3) is 0.316. The number of urea groups is 1. The van der Waals surface area contributed by atoms with Crippen LogP contribution in [-0.2, 0) is 19.4 Å². The molecule has 2 aromatic carbocycles. The molecule has 0 fully saturated rings. The Balaban J connectivity index is 1.41. The monoisotopic (exact) mass is 324 g/mol. The molecule has 2 aliphatic rings. The molecule has 124 valence electrons. The zero-order valence-electron chi connectivity index (χ0n) is 13.4. The third-order valence-electron chi connectivity index (χ3n) is 4.70. The maximum Gasteiger partial charge on any atom is 0.318 e. The van der Waals surface area contributed by atoms with E-state index >= 15 is 0 Å². The molecule has 24 heavy (non-hydrogen) atoms. The molecular formula is C19H20N2O3. The van der Waals surface area contributed by atoms with Crippen LogP contribution in [-0.4, -0.2) is 35.2 Å². The highest BCUT2D eigenvalue weighted by Crippen LogP contribution is 2.25. The predicted octanol–water partition coefficient (Wildman–Crippen LogP) is 2.46. The Morgan fingerprint density at radius 1 is 1.17 bits per heavy atom. The van der Waals surface area contributed by atoms with Crippen molar-refractivity contribution in [1.82, 2.24) is 10.2 Å². The molecule has 1 atom stereocenters. The third-order valence-corrected chi connectivity index (χ3v) is 4.70. The van der Waals surface area contributed by atoms with Crippen molar-refractivity contribution in [2.75, 3.05) is 13.2 Å². The molecule has 5 heteroatoms. The topological polar surface area (TPSA) is 61.8 Å². The van der Waals surface area contributed by atoms with Crippen molar-refractivity contribution >= 4 is 6.03 Å². The van der Waals surface area contributed by atoms with E-state index in [0.29, 0.717) is 19.7 Å². The van der Waals surface area contributed by atoms with Crippen LogP contribution >= 0.6 is 0 Å². The van der Waals surface area contributed by atoms with Gasteiger partial charge >= 0.3 is 6.03 Å². The second-order valence-corrected chi connectivity index (χ2v) is 6.39. The summed E-state index contributed by atoms with van der Waals surface area (Å²) < 4.78 is 5.73. The van der Waals surface area contributed by atoms with Crippen molar-refractivity contribution in [3.63, 3.8) is 0 Å². The Labute approximate surface area is 140 Å². The molecule has 0 aromatic heterocycles. The number of benzene rings is 2. The normalized spacial score (nSPS) is 19.0. The highest BCUT2D eigenvalue weighted by atomic mass is 16.5. The average molecular weight is 324 g/mol. The van der Waals surface area contributed by atoms with Crippen molar-refractivity contribution in [3.05, 3.63) is 59.2 Å². The molecule has 2 heterocycles. The van der Waals surface area contributed by atoms with E-state index in [1.165, 1.54) is 5.56 Å². The lowest BCUT2D eigenvalue weighted by molar-refractivity contribution is 0.176. The van der Waals surface area contributed by atoms with Gasteiger partial charge < -0.3 is 20.1 Å². The second-order valence-electron chi connectivity index (χ2n) is 6.39. The summed E-state index contributed by atoms with van der Waals surface area (Å²) in [6.45, 7) is 1.71. The number of carbonyl (C=O) groups is 1. The molecule has 2 N–H and O–H groups in total. The summed E-state index contributed by atoms with van der Waals surface area (Å²) in [4.78, 5) is 14.4. The van der Waals surface area contributed by atoms with Gasteiger partial charge in [-0.3, -0.25) is 0 Å². The molecule has 0 saturated heterocycles. The van der Waals surface area contributed by atoms with E-state index in [9.17, 15) is 9.90 Å². The molecule has 1 unspecified atom stereocenters. The third kappa shape index (κ3) is 2.89. The summed E-state index contributed by atoms with van der Waals surface area (Å²) >= 11 is 0. The number of amides is 2. The first-order valence-corrected chi connectivity index (χ1v) is 8.26. The van der Waals surface area contributed by atoms with Gasteiger partial charge in [-0.05, 0) is 47.7 Å². The molecular weight excluding hydrogens is 304 g/mol. The molecule has 2 aliphatic heterocycles. The Kier molecular flexibility index (Phi) is 3.76. The summed E-state index contributed by atoms with van der Waals surface area (Å²) in [5, 5.41) is 12.7. The van der Waals surface area contributed by atoms with E-state index in [1.807, 2.05) is 30.3 Å². The van der Waals surface area contributed by atoms with Crippen LogP contribution in [0.15, 0.2) is 42.5 Å². The van der Waals surface area contributed by atoms with Gasteiger partial charge in [0.2, 0.25) is 0 Å². The zero-order chi connectivity index (χ0) is 16.5. The number of phenolic OH excluding ortho intramolecular Hbond substituents is 1. The van der Waals surface area contributed by atoms with Gasteiger partial charge in [0.05, 0.1) is 6.04 Å². The highest BCUT2D eigenvalue weighted by Gasteiger charge is 2.25. The predicted molar refractivity (Wildman–Crippen MR) is 90.2 cm³/mol. The van der Waals surface area contributed by atoms with Crippen LogP contribution in [0, 0.1) is 0 Å². The van der Waals surface area contributed by atoms with Crippen LogP contribution in [0.3, 0.4) is 0 Å². The fourth-order valence-corrected chi connectivity index (χ4v) is 3.40. The number of hydrogen-bond donors (Lipinski definition) is 2. The van der Waals surface area contributed by atoms with E-state index in [-0.39, 0.29) is 17.8 Å². The second kappa shape index (κ2) is 6.07. The van der Waals surface area contributed by atoms with Crippen LogP contribution in [0.1, 0.15) is 16.7 Å². The van der Waals surface area contributed by atoms with Crippen molar-refractivity contribution in [3.8, 4) is 11.5 Å². The van der Waals surface area contributed by atoms with Gasteiger partial charge in [-0.25, -0.2) is 4.79 Å². The number of ether oxygens (including phenoxy) is 1. The summed E-state index contributed by atoms with van der Waals surface area (Å²) in [6, 6.07) is 13.2. The number of aromatic hydroxyl groups is 1. The first kappa shape index (κ1) is 14.9. The summed E-state index contributed by atoms with van der Waals surface area (Å²) in [5.41, 5.74) is 3.34. The highest BCUT2D eigenvalue weighted by molar-refractivity contribution is 5.75. The van der Waals surface area contributed by atoms with E-state index in [1.54, 1.807) is 17.0 Å². The number of fused-ring (bicyclic) bond motifs is 2. The van der Waals surface area contributed by atoms with Gasteiger partial charge in [0, 0.05) is 13.1 Å². The van der Waals surface area contributed by atoms with Crippen molar-refractivity contribution in [2.24, 2.45) is 0 Å². The first-order valence-electron chi connectivity index (χ1n) is 8.26. The average Bonchev–Trinajstić information content (AvgIpc) is 2.61. The Morgan fingerprint density at radius 3 is 2.96 bits per heavy atom. The van der Waals surface area contributed by atoms with Crippen LogP contribution < -0.4 is 10.1 Å². The molecule has 0 radical (unpaired) electrons. The number of rotatable bonds is 1. The summed E-state index contributed by atoms with van der Waals surface area (Å²) in [5.74, 6) is 1.15. The standard InChI is InChI=1S/C19H20N2O3/c22-17-6-5-13-7-8-21(11-15(13)10-17)19(23)20-16-9-14-3-1-2-4-18(14)24-12-16/h1-6,10,16,22H,7-9,11-12H2,(H,20,23). The Hall–Kier alpha value is -2.69. The van der Waals surface area contributed by atoms with Crippen LogP contribution in [0.5, 0.6) is 11.5 Å². The van der Waals surface area contributed by atoms with Crippen molar-refractivity contribution in [1.29, 1.82) is 0 Å². The molecule has 0 saturated carbocycles. The summed E-state index contributed by atoms with van der Waals surface area (Å²) in [7, 11) is 0. The number of carbonyl (C=O) groups excluding carboxylic acids is 1. The number of nitrogens with zero attached hydrogens (tertiary/aromatic N) is 1. The molecule has 2 aromatic rings. The Morgan fingerprint density at radius 2 is 2.04 bits per heavy atom. The van der Waals surface area contributed by atoms with Gasteiger partial charge in [0.1, 0.15) is 18.1 Å². The van der Waals surface area contributed by atoms with E-state index in [0.717, 1.165) is 29.7 Å². The van der Waals surface area contributed by atoms with Gasteiger partial charge in [-0.2, -0.15) is 0 Å². The minimum absolute atomic E-state index is 0.0158. The van der Waals surface area contributed by atoms with Crippen molar-refractivity contribution < 1.29 is 14.6 Å².